The lowest BCUT2D eigenvalue weighted by molar-refractivity contribution is -0.104. The van der Waals surface area contributed by atoms with Gasteiger partial charge < -0.3 is 9.32 Å². The number of thioether (sulfide) groups is 1. The van der Waals surface area contributed by atoms with Gasteiger partial charge in [0.15, 0.2) is 6.29 Å². The molecule has 0 atom stereocenters. The van der Waals surface area contributed by atoms with E-state index >= 15 is 0 Å². The smallest absolute Gasteiger partial charge is 0.169 e. The number of aldehydes is 1. The highest BCUT2D eigenvalue weighted by atomic mass is 32.2. The van der Waals surface area contributed by atoms with Crippen LogP contribution in [0.15, 0.2) is 62.7 Å². The predicted octanol–water partition coefficient (Wildman–Crippen LogP) is 3.98. The summed E-state index contributed by atoms with van der Waals surface area (Å²) in [6.45, 7) is 5.83. The molecular formula is C18H17N3O2S. The SMILES string of the molecule is C=N/C(C=O)=C(/C)SCN(Cc1ccco1)c1ccc(C#N)cc1. The molecule has 1 aromatic carbocycles. The Bertz CT molecular complexity index is 749. The van der Waals surface area contributed by atoms with Crippen molar-refractivity contribution in [3.8, 4) is 6.07 Å². The zero-order valence-corrected chi connectivity index (χ0v) is 14.1. The lowest BCUT2D eigenvalue weighted by Gasteiger charge is -2.23. The number of furan rings is 1. The van der Waals surface area contributed by atoms with Gasteiger partial charge in [-0.1, -0.05) is 0 Å². The molecule has 0 aliphatic rings. The Morgan fingerprint density at radius 1 is 1.42 bits per heavy atom. The summed E-state index contributed by atoms with van der Waals surface area (Å²) in [5.41, 5.74) is 1.92. The van der Waals surface area contributed by atoms with Crippen molar-refractivity contribution in [3.63, 3.8) is 0 Å². The van der Waals surface area contributed by atoms with Gasteiger partial charge >= 0.3 is 0 Å². The Hall–Kier alpha value is -2.78. The zero-order chi connectivity index (χ0) is 17.4. The van der Waals surface area contributed by atoms with E-state index in [0.29, 0.717) is 30.0 Å². The number of carbonyl (C=O) groups is 1. The van der Waals surface area contributed by atoms with E-state index in [2.05, 4.69) is 22.7 Å². The summed E-state index contributed by atoms with van der Waals surface area (Å²) < 4.78 is 5.43. The summed E-state index contributed by atoms with van der Waals surface area (Å²) in [7, 11) is 0. The summed E-state index contributed by atoms with van der Waals surface area (Å²) in [5.74, 6) is 1.43. The highest BCUT2D eigenvalue weighted by molar-refractivity contribution is 8.03. The first kappa shape index (κ1) is 17.6. The van der Waals surface area contributed by atoms with Crippen molar-refractivity contribution in [1.82, 2.24) is 0 Å². The van der Waals surface area contributed by atoms with E-state index in [9.17, 15) is 4.79 Å². The molecule has 2 rings (SSSR count). The molecule has 0 radical (unpaired) electrons. The van der Waals surface area contributed by atoms with Crippen LogP contribution in [0, 0.1) is 11.3 Å². The van der Waals surface area contributed by atoms with E-state index in [4.69, 9.17) is 9.68 Å². The van der Waals surface area contributed by atoms with Crippen LogP contribution in [0.3, 0.4) is 0 Å². The van der Waals surface area contributed by atoms with Crippen LogP contribution in [0.5, 0.6) is 0 Å². The van der Waals surface area contributed by atoms with Crippen LogP contribution in [0.25, 0.3) is 0 Å². The molecule has 1 aromatic heterocycles. The Morgan fingerprint density at radius 2 is 2.17 bits per heavy atom. The lowest BCUT2D eigenvalue weighted by atomic mass is 10.2. The second-order valence-corrected chi connectivity index (χ2v) is 6.09. The number of nitrogens with zero attached hydrogens (tertiary/aromatic N) is 3. The van der Waals surface area contributed by atoms with Crippen molar-refractivity contribution in [2.45, 2.75) is 13.5 Å². The first-order chi connectivity index (χ1) is 11.7. The van der Waals surface area contributed by atoms with Crippen LogP contribution in [0.4, 0.5) is 5.69 Å². The molecule has 0 aliphatic heterocycles. The maximum absolute atomic E-state index is 11.0. The van der Waals surface area contributed by atoms with Crippen molar-refractivity contribution in [2.24, 2.45) is 4.99 Å². The molecule has 5 nitrogen and oxygen atoms in total. The number of rotatable bonds is 8. The third-order valence-electron chi connectivity index (χ3n) is 3.37. The number of hydrogen-bond acceptors (Lipinski definition) is 6. The van der Waals surface area contributed by atoms with Gasteiger partial charge in [0.25, 0.3) is 0 Å². The molecule has 0 saturated carbocycles. The number of allylic oxidation sites excluding steroid dienone is 2. The third-order valence-corrected chi connectivity index (χ3v) is 4.45. The molecule has 0 aliphatic carbocycles. The average molecular weight is 339 g/mol. The van der Waals surface area contributed by atoms with E-state index in [1.165, 1.54) is 11.8 Å². The van der Waals surface area contributed by atoms with Gasteiger partial charge in [0.2, 0.25) is 0 Å². The zero-order valence-electron chi connectivity index (χ0n) is 13.3. The van der Waals surface area contributed by atoms with Crippen LogP contribution in [-0.4, -0.2) is 18.9 Å². The van der Waals surface area contributed by atoms with Crippen LogP contribution < -0.4 is 4.90 Å². The standard InChI is InChI=1S/C18H17N3O2S/c1-14(18(12-22)20-2)24-13-21(11-17-4-3-9-23-17)16-7-5-15(10-19)6-8-16/h3-9,12H,2,11,13H2,1H3/b18-14-. The maximum Gasteiger partial charge on any atom is 0.169 e. The summed E-state index contributed by atoms with van der Waals surface area (Å²) >= 11 is 1.50. The number of anilines is 1. The largest absolute Gasteiger partial charge is 0.467 e. The fourth-order valence-electron chi connectivity index (χ4n) is 2.03. The monoisotopic (exact) mass is 339 g/mol. The normalized spacial score (nSPS) is 11.3. The van der Waals surface area contributed by atoms with E-state index in [-0.39, 0.29) is 0 Å². The second-order valence-electron chi connectivity index (χ2n) is 4.93. The molecule has 2 aromatic rings. The number of carbonyl (C=O) groups excluding carboxylic acids is 1. The number of aliphatic imine (C=N–C) groups is 1. The quantitative estimate of drug-likeness (QED) is 0.315. The van der Waals surface area contributed by atoms with Crippen LogP contribution in [0.1, 0.15) is 18.2 Å². The molecule has 0 spiro atoms. The average Bonchev–Trinajstić information content (AvgIpc) is 3.13. The number of nitriles is 1. The van der Waals surface area contributed by atoms with Crippen molar-refractivity contribution >= 4 is 30.5 Å². The summed E-state index contributed by atoms with van der Waals surface area (Å²) in [5, 5.41) is 8.93. The van der Waals surface area contributed by atoms with E-state index in [1.807, 2.05) is 31.2 Å². The molecule has 0 N–H and O–H groups in total. The molecule has 0 bridgehead atoms. The third kappa shape index (κ3) is 4.61. The van der Waals surface area contributed by atoms with Gasteiger partial charge in [-0.15, -0.1) is 11.8 Å². The molecule has 0 amide bonds. The van der Waals surface area contributed by atoms with Crippen molar-refractivity contribution < 1.29 is 9.21 Å². The van der Waals surface area contributed by atoms with Crippen molar-refractivity contribution in [3.05, 3.63) is 64.6 Å². The Morgan fingerprint density at radius 3 is 2.71 bits per heavy atom. The number of hydrogen-bond donors (Lipinski definition) is 0. The van der Waals surface area contributed by atoms with E-state index in [0.717, 1.165) is 16.4 Å². The highest BCUT2D eigenvalue weighted by Gasteiger charge is 2.11. The summed E-state index contributed by atoms with van der Waals surface area (Å²) in [6, 6.07) is 13.2. The van der Waals surface area contributed by atoms with E-state index in [1.54, 1.807) is 18.4 Å². The first-order valence-electron chi connectivity index (χ1n) is 7.21. The fraction of sp³-hybridized carbons (Fsp3) is 0.167. The minimum absolute atomic E-state index is 0.345. The summed E-state index contributed by atoms with van der Waals surface area (Å²) in [4.78, 5) is 17.6. The highest BCUT2D eigenvalue weighted by Crippen LogP contribution is 2.25. The molecule has 122 valence electrons. The van der Waals surface area contributed by atoms with Gasteiger partial charge in [0.1, 0.15) is 11.5 Å². The Labute approximate surface area is 145 Å². The van der Waals surface area contributed by atoms with Gasteiger partial charge in [0.05, 0.1) is 30.3 Å². The topological polar surface area (TPSA) is 69.6 Å². The molecule has 6 heteroatoms. The van der Waals surface area contributed by atoms with Crippen LogP contribution in [0.2, 0.25) is 0 Å². The van der Waals surface area contributed by atoms with Crippen molar-refractivity contribution in [2.75, 3.05) is 10.8 Å². The maximum atomic E-state index is 11.0. The number of benzene rings is 1. The molecular weight excluding hydrogens is 322 g/mol. The van der Waals surface area contributed by atoms with Gasteiger partial charge in [-0.05, 0) is 50.0 Å². The molecule has 0 saturated heterocycles. The van der Waals surface area contributed by atoms with Crippen LogP contribution >= 0.6 is 11.8 Å². The molecule has 1 heterocycles. The van der Waals surface area contributed by atoms with Gasteiger partial charge in [-0.3, -0.25) is 9.79 Å². The Balaban J connectivity index is 2.19. The predicted molar refractivity (Wildman–Crippen MR) is 96.8 cm³/mol. The summed E-state index contributed by atoms with van der Waals surface area (Å²) in [6.07, 6.45) is 2.34. The minimum Gasteiger partial charge on any atom is -0.467 e. The lowest BCUT2D eigenvalue weighted by Crippen LogP contribution is -2.21. The van der Waals surface area contributed by atoms with Crippen LogP contribution in [-0.2, 0) is 11.3 Å². The van der Waals surface area contributed by atoms with Crippen molar-refractivity contribution in [1.29, 1.82) is 5.26 Å². The Kier molecular flexibility index (Phi) is 6.41. The first-order valence-corrected chi connectivity index (χ1v) is 8.19. The molecule has 24 heavy (non-hydrogen) atoms. The van der Waals surface area contributed by atoms with Gasteiger partial charge in [0, 0.05) is 10.6 Å². The fourth-order valence-corrected chi connectivity index (χ4v) is 2.88. The van der Waals surface area contributed by atoms with Gasteiger partial charge in [-0.2, -0.15) is 5.26 Å². The second kappa shape index (κ2) is 8.75. The van der Waals surface area contributed by atoms with E-state index < -0.39 is 0 Å². The molecule has 0 unspecified atom stereocenters. The minimum atomic E-state index is 0.345. The van der Waals surface area contributed by atoms with Gasteiger partial charge in [-0.25, -0.2) is 0 Å². The molecule has 0 fully saturated rings.